The van der Waals surface area contributed by atoms with E-state index in [-0.39, 0.29) is 5.56 Å². The van der Waals surface area contributed by atoms with Crippen LogP contribution in [0.15, 0.2) is 54.9 Å². The van der Waals surface area contributed by atoms with Gasteiger partial charge in [-0.25, -0.2) is 0 Å². The molecule has 1 amide bonds. The molecule has 0 aliphatic heterocycles. The number of carbonyl (C=O) groups excluding carboxylic acids is 1. The number of carbonyl (C=O) groups is 1. The van der Waals surface area contributed by atoms with Gasteiger partial charge in [-0.1, -0.05) is 48.7 Å². The van der Waals surface area contributed by atoms with Crippen molar-refractivity contribution in [3.8, 4) is 11.1 Å². The molecule has 0 bridgehead atoms. The Morgan fingerprint density at radius 3 is 2.56 bits per heavy atom. The minimum Gasteiger partial charge on any atom is -0.387 e. The van der Waals surface area contributed by atoms with Crippen molar-refractivity contribution in [2.45, 2.75) is 57.0 Å². The number of benzene rings is 2. The van der Waals surface area contributed by atoms with E-state index in [1.54, 1.807) is 16.9 Å². The van der Waals surface area contributed by atoms with Crippen LogP contribution in [-0.2, 0) is 12.7 Å². The number of halogens is 4. The first-order valence-electron chi connectivity index (χ1n) is 11.1. The highest BCUT2D eigenvalue weighted by Gasteiger charge is 2.42. The molecule has 1 aromatic heterocycles. The van der Waals surface area contributed by atoms with E-state index in [0.717, 1.165) is 42.6 Å². The Morgan fingerprint density at radius 1 is 1.21 bits per heavy atom. The Labute approximate surface area is 200 Å². The number of amides is 1. The molecule has 2 N–H and O–H groups in total. The number of aryl methyl sites for hydroxylation is 1. The monoisotopic (exact) mass is 491 g/mol. The van der Waals surface area contributed by atoms with Crippen LogP contribution < -0.4 is 5.32 Å². The van der Waals surface area contributed by atoms with Crippen LogP contribution in [0.2, 0.25) is 5.02 Å². The summed E-state index contributed by atoms with van der Waals surface area (Å²) < 4.78 is 41.7. The predicted octanol–water partition coefficient (Wildman–Crippen LogP) is 6.02. The number of hydrogen-bond donors (Lipinski definition) is 2. The van der Waals surface area contributed by atoms with Gasteiger partial charge in [0.15, 0.2) is 0 Å². The van der Waals surface area contributed by atoms with Crippen LogP contribution in [0.1, 0.15) is 60.1 Å². The molecule has 2 aromatic carbocycles. The Morgan fingerprint density at radius 2 is 1.91 bits per heavy atom. The third-order valence-corrected chi connectivity index (χ3v) is 6.75. The van der Waals surface area contributed by atoms with E-state index in [1.807, 2.05) is 31.3 Å². The van der Waals surface area contributed by atoms with Crippen LogP contribution in [0.25, 0.3) is 11.1 Å². The van der Waals surface area contributed by atoms with E-state index in [4.69, 9.17) is 11.6 Å². The maximum atomic E-state index is 13.3. The van der Waals surface area contributed by atoms with Gasteiger partial charge in [0.25, 0.3) is 5.91 Å². The average molecular weight is 492 g/mol. The lowest BCUT2D eigenvalue weighted by Crippen LogP contribution is -2.44. The van der Waals surface area contributed by atoms with Crippen LogP contribution >= 0.6 is 11.6 Å². The zero-order valence-corrected chi connectivity index (χ0v) is 19.3. The number of alkyl halides is 3. The van der Waals surface area contributed by atoms with Crippen molar-refractivity contribution in [1.82, 2.24) is 15.1 Å². The fourth-order valence-electron chi connectivity index (χ4n) is 4.52. The Hall–Kier alpha value is -2.84. The van der Waals surface area contributed by atoms with E-state index in [1.165, 1.54) is 6.07 Å². The highest BCUT2D eigenvalue weighted by Crippen LogP contribution is 2.41. The quantitative estimate of drug-likeness (QED) is 0.443. The molecule has 4 rings (SSSR count). The third-order valence-electron chi connectivity index (χ3n) is 6.34. The number of nitrogens with zero attached hydrogens (tertiary/aromatic N) is 2. The normalized spacial score (nSPS) is 16.4. The van der Waals surface area contributed by atoms with Gasteiger partial charge in [0, 0.05) is 18.3 Å². The second-order valence-electron chi connectivity index (χ2n) is 8.59. The molecule has 1 aliphatic rings. The standard InChI is InChI=1S/C25H25ClF3N3O2/c1-2-32-15-18(14-30-32)16-7-5-8-17(13-16)22(24(34)11-3-4-12-24)31-23(33)19-9-6-10-20(21(19)26)25(27,28)29/h5-10,13-15,22,34H,2-4,11-12H2,1H3,(H,31,33). The van der Waals surface area contributed by atoms with E-state index >= 15 is 0 Å². The van der Waals surface area contributed by atoms with Crippen LogP contribution in [0.4, 0.5) is 13.2 Å². The van der Waals surface area contributed by atoms with Crippen molar-refractivity contribution < 1.29 is 23.1 Å². The SMILES string of the molecule is CCn1cc(-c2cccc(C(NC(=O)c3cccc(C(F)(F)F)c3Cl)C3(O)CCCC3)c2)cn1. The van der Waals surface area contributed by atoms with Gasteiger partial charge < -0.3 is 10.4 Å². The van der Waals surface area contributed by atoms with Crippen molar-refractivity contribution in [2.24, 2.45) is 0 Å². The topological polar surface area (TPSA) is 67.2 Å². The number of nitrogens with one attached hydrogen (secondary N) is 1. The maximum Gasteiger partial charge on any atom is 0.417 e. The molecule has 0 spiro atoms. The molecule has 5 nitrogen and oxygen atoms in total. The van der Waals surface area contributed by atoms with Gasteiger partial charge in [-0.05, 0) is 49.1 Å². The molecule has 1 heterocycles. The second-order valence-corrected chi connectivity index (χ2v) is 8.97. The van der Waals surface area contributed by atoms with Crippen molar-refractivity contribution in [3.63, 3.8) is 0 Å². The molecule has 34 heavy (non-hydrogen) atoms. The lowest BCUT2D eigenvalue weighted by atomic mass is 9.85. The van der Waals surface area contributed by atoms with E-state index < -0.39 is 34.3 Å². The van der Waals surface area contributed by atoms with Crippen molar-refractivity contribution >= 4 is 17.5 Å². The van der Waals surface area contributed by atoms with Crippen LogP contribution in [0.3, 0.4) is 0 Å². The first kappa shape index (κ1) is 24.3. The lowest BCUT2D eigenvalue weighted by molar-refractivity contribution is -0.137. The van der Waals surface area contributed by atoms with Crippen molar-refractivity contribution in [3.05, 3.63) is 76.6 Å². The summed E-state index contributed by atoms with van der Waals surface area (Å²) in [6.45, 7) is 2.70. The fraction of sp³-hybridized carbons (Fsp3) is 0.360. The van der Waals surface area contributed by atoms with E-state index in [2.05, 4.69) is 10.4 Å². The fourth-order valence-corrected chi connectivity index (χ4v) is 4.84. The summed E-state index contributed by atoms with van der Waals surface area (Å²) in [5, 5.41) is 17.8. The number of rotatable bonds is 6. The number of aromatic nitrogens is 2. The molecule has 1 aliphatic carbocycles. The zero-order chi connectivity index (χ0) is 24.5. The molecule has 1 fully saturated rings. The molecule has 0 radical (unpaired) electrons. The average Bonchev–Trinajstić information content (AvgIpc) is 3.46. The first-order chi connectivity index (χ1) is 16.1. The first-order valence-corrected chi connectivity index (χ1v) is 11.5. The minimum atomic E-state index is -4.69. The van der Waals surface area contributed by atoms with E-state index in [0.29, 0.717) is 18.4 Å². The summed E-state index contributed by atoms with van der Waals surface area (Å²) in [7, 11) is 0. The van der Waals surface area contributed by atoms with Crippen molar-refractivity contribution in [2.75, 3.05) is 0 Å². The van der Waals surface area contributed by atoms with Crippen LogP contribution in [0, 0.1) is 0 Å². The van der Waals surface area contributed by atoms with Gasteiger partial charge >= 0.3 is 6.18 Å². The van der Waals surface area contributed by atoms with Gasteiger partial charge in [0.05, 0.1) is 34.0 Å². The lowest BCUT2D eigenvalue weighted by Gasteiger charge is -2.34. The summed E-state index contributed by atoms with van der Waals surface area (Å²) >= 11 is 5.98. The molecule has 1 atom stereocenters. The summed E-state index contributed by atoms with van der Waals surface area (Å²) in [6.07, 6.45) is 1.46. The van der Waals surface area contributed by atoms with Crippen molar-refractivity contribution in [1.29, 1.82) is 0 Å². The number of aliphatic hydroxyl groups is 1. The largest absolute Gasteiger partial charge is 0.417 e. The molecule has 1 unspecified atom stereocenters. The summed E-state index contributed by atoms with van der Waals surface area (Å²) in [5.74, 6) is -0.773. The highest BCUT2D eigenvalue weighted by molar-refractivity contribution is 6.34. The summed E-state index contributed by atoms with van der Waals surface area (Å²) in [5.41, 5.74) is -0.196. The summed E-state index contributed by atoms with van der Waals surface area (Å²) in [6, 6.07) is 9.79. The molecular formula is C25H25ClF3N3O2. The Kier molecular flexibility index (Phi) is 6.73. The highest BCUT2D eigenvalue weighted by atomic mass is 35.5. The van der Waals surface area contributed by atoms with Gasteiger partial charge in [-0.3, -0.25) is 9.48 Å². The molecular weight excluding hydrogens is 467 g/mol. The second kappa shape index (κ2) is 9.43. The maximum absolute atomic E-state index is 13.3. The molecule has 1 saturated carbocycles. The van der Waals surface area contributed by atoms with Gasteiger partial charge in [0.2, 0.25) is 0 Å². The molecule has 3 aromatic rings. The van der Waals surface area contributed by atoms with Gasteiger partial charge in [0.1, 0.15) is 0 Å². The van der Waals surface area contributed by atoms with E-state index in [9.17, 15) is 23.1 Å². The van der Waals surface area contributed by atoms with Crippen LogP contribution in [0.5, 0.6) is 0 Å². The smallest absolute Gasteiger partial charge is 0.387 e. The Balaban J connectivity index is 1.70. The summed E-state index contributed by atoms with van der Waals surface area (Å²) in [4.78, 5) is 13.1. The molecule has 9 heteroatoms. The van der Waals surface area contributed by atoms with Gasteiger partial charge in [-0.2, -0.15) is 18.3 Å². The van der Waals surface area contributed by atoms with Gasteiger partial charge in [-0.15, -0.1) is 0 Å². The molecule has 0 saturated heterocycles. The van der Waals surface area contributed by atoms with Crippen LogP contribution in [-0.4, -0.2) is 26.4 Å². The zero-order valence-electron chi connectivity index (χ0n) is 18.6. The molecule has 180 valence electrons. The number of hydrogen-bond acceptors (Lipinski definition) is 3. The Bertz CT molecular complexity index is 1190. The predicted molar refractivity (Wildman–Crippen MR) is 123 cm³/mol. The minimum absolute atomic E-state index is 0.288. The third kappa shape index (κ3) is 4.83.